The summed E-state index contributed by atoms with van der Waals surface area (Å²) in [5, 5.41) is 7.83. The third kappa shape index (κ3) is 3.84. The Labute approximate surface area is 156 Å². The standard InChI is InChI=1S/C21H18N4O2/c1-14-7-9-15(10-8-14)21-24-20(27-25-21)12-11-19(26)23-18-6-2-5-17-16(18)4-3-13-22-17/h2-10,13H,11-12H2,1H3,(H,23,26). The van der Waals surface area contributed by atoms with E-state index in [1.807, 2.05) is 61.5 Å². The quantitative estimate of drug-likeness (QED) is 0.579. The number of fused-ring (bicyclic) bond motifs is 1. The Bertz CT molecular complexity index is 1080. The molecule has 6 nitrogen and oxygen atoms in total. The molecule has 4 aromatic rings. The van der Waals surface area contributed by atoms with Crippen molar-refractivity contribution in [2.24, 2.45) is 0 Å². The second-order valence-corrected chi connectivity index (χ2v) is 6.30. The monoisotopic (exact) mass is 358 g/mol. The third-order valence-corrected chi connectivity index (χ3v) is 4.26. The van der Waals surface area contributed by atoms with Crippen LogP contribution >= 0.6 is 0 Å². The average molecular weight is 358 g/mol. The van der Waals surface area contributed by atoms with E-state index in [4.69, 9.17) is 4.52 Å². The molecule has 0 atom stereocenters. The van der Waals surface area contributed by atoms with Gasteiger partial charge in [0, 0.05) is 30.0 Å². The van der Waals surface area contributed by atoms with Gasteiger partial charge in [-0.15, -0.1) is 0 Å². The number of amides is 1. The van der Waals surface area contributed by atoms with E-state index < -0.39 is 0 Å². The van der Waals surface area contributed by atoms with Crippen molar-refractivity contribution in [3.8, 4) is 11.4 Å². The molecule has 27 heavy (non-hydrogen) atoms. The zero-order chi connectivity index (χ0) is 18.6. The van der Waals surface area contributed by atoms with E-state index in [1.54, 1.807) is 6.20 Å². The Balaban J connectivity index is 1.40. The van der Waals surface area contributed by atoms with Gasteiger partial charge in [0.15, 0.2) is 0 Å². The average Bonchev–Trinajstić information content (AvgIpc) is 3.16. The van der Waals surface area contributed by atoms with Crippen LogP contribution in [0, 0.1) is 6.92 Å². The van der Waals surface area contributed by atoms with E-state index in [2.05, 4.69) is 20.4 Å². The lowest BCUT2D eigenvalue weighted by molar-refractivity contribution is -0.116. The van der Waals surface area contributed by atoms with Gasteiger partial charge < -0.3 is 9.84 Å². The molecule has 0 spiro atoms. The first-order valence-corrected chi connectivity index (χ1v) is 8.72. The number of hydrogen-bond donors (Lipinski definition) is 1. The summed E-state index contributed by atoms with van der Waals surface area (Å²) in [7, 11) is 0. The maximum absolute atomic E-state index is 12.3. The molecular weight excluding hydrogens is 340 g/mol. The number of aromatic nitrogens is 3. The fourth-order valence-electron chi connectivity index (χ4n) is 2.82. The Morgan fingerprint density at radius 1 is 1.07 bits per heavy atom. The van der Waals surface area contributed by atoms with E-state index in [-0.39, 0.29) is 12.3 Å². The lowest BCUT2D eigenvalue weighted by Gasteiger charge is -2.07. The maximum atomic E-state index is 12.3. The van der Waals surface area contributed by atoms with Crippen molar-refractivity contribution in [3.05, 3.63) is 72.2 Å². The summed E-state index contributed by atoms with van der Waals surface area (Å²) in [6, 6.07) is 17.3. The number of pyridine rings is 1. The van der Waals surface area contributed by atoms with Crippen molar-refractivity contribution in [3.63, 3.8) is 0 Å². The molecule has 4 rings (SSSR count). The Morgan fingerprint density at radius 2 is 1.93 bits per heavy atom. The zero-order valence-electron chi connectivity index (χ0n) is 14.8. The number of anilines is 1. The molecule has 0 aliphatic carbocycles. The zero-order valence-corrected chi connectivity index (χ0v) is 14.8. The molecule has 6 heteroatoms. The lowest BCUT2D eigenvalue weighted by Crippen LogP contribution is -2.12. The number of hydrogen-bond acceptors (Lipinski definition) is 5. The Morgan fingerprint density at radius 3 is 2.78 bits per heavy atom. The fraction of sp³-hybridized carbons (Fsp3) is 0.143. The molecule has 2 aromatic heterocycles. The predicted molar refractivity (Wildman–Crippen MR) is 103 cm³/mol. The van der Waals surface area contributed by atoms with Gasteiger partial charge in [0.05, 0.1) is 11.2 Å². The van der Waals surface area contributed by atoms with E-state index in [0.717, 1.165) is 22.2 Å². The summed E-state index contributed by atoms with van der Waals surface area (Å²) in [5.41, 5.74) is 3.65. The minimum Gasteiger partial charge on any atom is -0.339 e. The lowest BCUT2D eigenvalue weighted by atomic mass is 10.1. The SMILES string of the molecule is Cc1ccc(-c2noc(CCC(=O)Nc3cccc4ncccc34)n2)cc1. The minimum absolute atomic E-state index is 0.110. The van der Waals surface area contributed by atoms with Crippen molar-refractivity contribution < 1.29 is 9.32 Å². The van der Waals surface area contributed by atoms with Crippen LogP contribution in [0.3, 0.4) is 0 Å². The smallest absolute Gasteiger partial charge is 0.227 e. The van der Waals surface area contributed by atoms with E-state index in [9.17, 15) is 4.79 Å². The van der Waals surface area contributed by atoms with Gasteiger partial charge in [-0.1, -0.05) is 41.1 Å². The summed E-state index contributed by atoms with van der Waals surface area (Å²) in [6.07, 6.45) is 2.37. The van der Waals surface area contributed by atoms with Crippen LogP contribution < -0.4 is 5.32 Å². The molecule has 1 N–H and O–H groups in total. The molecule has 0 aliphatic rings. The topological polar surface area (TPSA) is 80.9 Å². The van der Waals surface area contributed by atoms with E-state index >= 15 is 0 Å². The van der Waals surface area contributed by atoms with Crippen molar-refractivity contribution in [1.82, 2.24) is 15.1 Å². The normalized spacial score (nSPS) is 10.9. The fourth-order valence-corrected chi connectivity index (χ4v) is 2.82. The highest BCUT2D eigenvalue weighted by Crippen LogP contribution is 2.22. The molecule has 0 fully saturated rings. The summed E-state index contributed by atoms with van der Waals surface area (Å²) in [6.45, 7) is 2.02. The second-order valence-electron chi connectivity index (χ2n) is 6.30. The van der Waals surface area contributed by atoms with Crippen LogP contribution in [0.25, 0.3) is 22.3 Å². The first-order chi connectivity index (χ1) is 13.2. The highest BCUT2D eigenvalue weighted by atomic mass is 16.5. The number of aryl methyl sites for hydroxylation is 2. The van der Waals surface area contributed by atoms with Gasteiger partial charge in [-0.05, 0) is 31.2 Å². The van der Waals surface area contributed by atoms with Crippen LogP contribution in [0.4, 0.5) is 5.69 Å². The highest BCUT2D eigenvalue weighted by Gasteiger charge is 2.12. The van der Waals surface area contributed by atoms with E-state index in [1.165, 1.54) is 5.56 Å². The minimum atomic E-state index is -0.110. The second kappa shape index (κ2) is 7.37. The predicted octanol–water partition coefficient (Wildman–Crippen LogP) is 4.16. The summed E-state index contributed by atoms with van der Waals surface area (Å²) in [5.74, 6) is 0.868. The van der Waals surface area contributed by atoms with Crippen LogP contribution in [0.5, 0.6) is 0 Å². The van der Waals surface area contributed by atoms with Crippen LogP contribution in [-0.4, -0.2) is 21.0 Å². The number of benzene rings is 2. The van der Waals surface area contributed by atoms with Crippen LogP contribution in [0.15, 0.2) is 65.3 Å². The van der Waals surface area contributed by atoms with Crippen LogP contribution in [-0.2, 0) is 11.2 Å². The summed E-state index contributed by atoms with van der Waals surface area (Å²) in [4.78, 5) is 21.0. The van der Waals surface area contributed by atoms with Crippen LogP contribution in [0.2, 0.25) is 0 Å². The molecule has 2 aromatic carbocycles. The first-order valence-electron chi connectivity index (χ1n) is 8.72. The Kier molecular flexibility index (Phi) is 4.61. The van der Waals surface area contributed by atoms with Gasteiger partial charge in [-0.3, -0.25) is 9.78 Å². The van der Waals surface area contributed by atoms with Crippen molar-refractivity contribution >= 4 is 22.5 Å². The van der Waals surface area contributed by atoms with Gasteiger partial charge in [0.2, 0.25) is 17.6 Å². The molecule has 0 bridgehead atoms. The number of carbonyl (C=O) groups excluding carboxylic acids is 1. The molecule has 134 valence electrons. The molecule has 0 radical (unpaired) electrons. The number of nitrogens with zero attached hydrogens (tertiary/aromatic N) is 3. The largest absolute Gasteiger partial charge is 0.339 e. The Hall–Kier alpha value is -3.54. The summed E-state index contributed by atoms with van der Waals surface area (Å²) < 4.78 is 5.27. The molecule has 0 saturated carbocycles. The van der Waals surface area contributed by atoms with Crippen LogP contribution in [0.1, 0.15) is 17.9 Å². The van der Waals surface area contributed by atoms with E-state index in [0.29, 0.717) is 18.1 Å². The number of carbonyl (C=O) groups is 1. The maximum Gasteiger partial charge on any atom is 0.227 e. The number of nitrogens with one attached hydrogen (secondary N) is 1. The molecule has 1 amide bonds. The van der Waals surface area contributed by atoms with Gasteiger partial charge in [-0.25, -0.2) is 0 Å². The van der Waals surface area contributed by atoms with Gasteiger partial charge in [-0.2, -0.15) is 4.98 Å². The third-order valence-electron chi connectivity index (χ3n) is 4.26. The van der Waals surface area contributed by atoms with Gasteiger partial charge >= 0.3 is 0 Å². The molecule has 0 aliphatic heterocycles. The molecule has 2 heterocycles. The van der Waals surface area contributed by atoms with Gasteiger partial charge in [0.1, 0.15) is 0 Å². The van der Waals surface area contributed by atoms with Crippen molar-refractivity contribution in [1.29, 1.82) is 0 Å². The van der Waals surface area contributed by atoms with Gasteiger partial charge in [0.25, 0.3) is 0 Å². The first kappa shape index (κ1) is 16.9. The van der Waals surface area contributed by atoms with Crippen molar-refractivity contribution in [2.75, 3.05) is 5.32 Å². The summed E-state index contributed by atoms with van der Waals surface area (Å²) >= 11 is 0. The molecular formula is C21H18N4O2. The number of rotatable bonds is 5. The van der Waals surface area contributed by atoms with Crippen molar-refractivity contribution in [2.45, 2.75) is 19.8 Å². The molecule has 0 unspecified atom stereocenters. The highest BCUT2D eigenvalue weighted by molar-refractivity contribution is 6.00. The molecule has 0 saturated heterocycles.